The van der Waals surface area contributed by atoms with Crippen LogP contribution in [0.4, 0.5) is 0 Å². The van der Waals surface area contributed by atoms with E-state index in [0.29, 0.717) is 10.9 Å². The summed E-state index contributed by atoms with van der Waals surface area (Å²) < 4.78 is 6.11. The molecule has 2 nitrogen and oxygen atoms in total. The van der Waals surface area contributed by atoms with Crippen molar-refractivity contribution in [2.45, 2.75) is 32.1 Å². The summed E-state index contributed by atoms with van der Waals surface area (Å²) in [4.78, 5) is 0.435. The molecule has 21 heavy (non-hydrogen) atoms. The molecule has 2 N–H and O–H groups in total. The average molecular weight is 299 g/mol. The molecule has 3 rings (SSSR count). The van der Waals surface area contributed by atoms with Crippen LogP contribution in [0, 0.1) is 5.92 Å². The van der Waals surface area contributed by atoms with Crippen molar-refractivity contribution in [3.05, 3.63) is 42.0 Å². The van der Waals surface area contributed by atoms with Gasteiger partial charge in [-0.2, -0.15) is 0 Å². The Labute approximate surface area is 131 Å². The molecular formula is C18H21NOS. The minimum atomic E-state index is 0.435. The second kappa shape index (κ2) is 6.44. The van der Waals surface area contributed by atoms with Gasteiger partial charge in [0.25, 0.3) is 0 Å². The number of hydrogen-bond donors (Lipinski definition) is 1. The minimum absolute atomic E-state index is 0.435. The van der Waals surface area contributed by atoms with E-state index in [9.17, 15) is 0 Å². The first-order valence-corrected chi connectivity index (χ1v) is 8.11. The van der Waals surface area contributed by atoms with Crippen LogP contribution >= 0.6 is 12.2 Å². The van der Waals surface area contributed by atoms with Gasteiger partial charge < -0.3 is 10.5 Å². The second-order valence-electron chi connectivity index (χ2n) is 5.84. The second-order valence-corrected chi connectivity index (χ2v) is 6.28. The predicted molar refractivity (Wildman–Crippen MR) is 91.9 cm³/mol. The van der Waals surface area contributed by atoms with Gasteiger partial charge in [-0.25, -0.2) is 0 Å². The first-order valence-electron chi connectivity index (χ1n) is 7.70. The van der Waals surface area contributed by atoms with Crippen molar-refractivity contribution in [1.82, 2.24) is 0 Å². The molecular weight excluding hydrogens is 278 g/mol. The lowest BCUT2D eigenvalue weighted by Gasteiger charge is -2.22. The molecule has 3 heteroatoms. The fourth-order valence-electron chi connectivity index (χ4n) is 3.17. The van der Waals surface area contributed by atoms with E-state index in [1.54, 1.807) is 0 Å². The monoisotopic (exact) mass is 299 g/mol. The minimum Gasteiger partial charge on any atom is -0.493 e. The van der Waals surface area contributed by atoms with Gasteiger partial charge in [0.05, 0.1) is 6.61 Å². The molecule has 0 unspecified atom stereocenters. The summed E-state index contributed by atoms with van der Waals surface area (Å²) in [5.41, 5.74) is 6.73. The largest absolute Gasteiger partial charge is 0.493 e. The van der Waals surface area contributed by atoms with E-state index in [-0.39, 0.29) is 0 Å². The van der Waals surface area contributed by atoms with Crippen LogP contribution in [0.5, 0.6) is 5.75 Å². The highest BCUT2D eigenvalue weighted by atomic mass is 32.1. The maximum atomic E-state index is 6.11. The number of hydrogen-bond acceptors (Lipinski definition) is 2. The van der Waals surface area contributed by atoms with Gasteiger partial charge in [-0.15, -0.1) is 0 Å². The van der Waals surface area contributed by atoms with E-state index in [1.165, 1.54) is 32.1 Å². The van der Waals surface area contributed by atoms with E-state index < -0.39 is 0 Å². The summed E-state index contributed by atoms with van der Waals surface area (Å²) in [6.45, 7) is 0.816. The van der Waals surface area contributed by atoms with Gasteiger partial charge in [-0.3, -0.25) is 0 Å². The Balaban J connectivity index is 1.85. The van der Waals surface area contributed by atoms with Gasteiger partial charge in [-0.05, 0) is 36.3 Å². The van der Waals surface area contributed by atoms with E-state index >= 15 is 0 Å². The smallest absolute Gasteiger partial charge is 0.127 e. The number of thiocarbonyl (C=S) groups is 1. The van der Waals surface area contributed by atoms with Gasteiger partial charge in [0.1, 0.15) is 10.7 Å². The number of nitrogens with two attached hydrogens (primary N) is 1. The summed E-state index contributed by atoms with van der Waals surface area (Å²) in [6.07, 6.45) is 6.65. The van der Waals surface area contributed by atoms with Crippen LogP contribution in [0.2, 0.25) is 0 Å². The normalized spacial score (nSPS) is 16.0. The highest BCUT2D eigenvalue weighted by molar-refractivity contribution is 7.80. The van der Waals surface area contributed by atoms with Crippen molar-refractivity contribution in [2.75, 3.05) is 6.61 Å². The zero-order chi connectivity index (χ0) is 14.7. The number of benzene rings is 2. The molecule has 0 aromatic heterocycles. The fourth-order valence-corrected chi connectivity index (χ4v) is 3.35. The van der Waals surface area contributed by atoms with E-state index in [2.05, 4.69) is 12.1 Å². The third-order valence-corrected chi connectivity index (χ3v) is 4.57. The van der Waals surface area contributed by atoms with E-state index in [1.807, 2.05) is 24.3 Å². The van der Waals surface area contributed by atoms with Crippen molar-refractivity contribution >= 4 is 28.0 Å². The molecule has 0 amide bonds. The van der Waals surface area contributed by atoms with Crippen LogP contribution in [0.3, 0.4) is 0 Å². The third kappa shape index (κ3) is 3.18. The Morgan fingerprint density at radius 2 is 1.76 bits per heavy atom. The quantitative estimate of drug-likeness (QED) is 0.848. The zero-order valence-corrected chi connectivity index (χ0v) is 13.0. The first kappa shape index (κ1) is 14.3. The lowest BCUT2D eigenvalue weighted by molar-refractivity contribution is 0.210. The molecule has 0 saturated heterocycles. The highest BCUT2D eigenvalue weighted by Crippen LogP contribution is 2.30. The highest BCUT2D eigenvalue weighted by Gasteiger charge is 2.15. The lowest BCUT2D eigenvalue weighted by Crippen LogP contribution is -2.15. The maximum Gasteiger partial charge on any atom is 0.127 e. The Morgan fingerprint density at radius 1 is 1.05 bits per heavy atom. The van der Waals surface area contributed by atoms with Crippen LogP contribution in [0.15, 0.2) is 36.4 Å². The van der Waals surface area contributed by atoms with Gasteiger partial charge >= 0.3 is 0 Å². The molecule has 1 saturated carbocycles. The number of fused-ring (bicyclic) bond motifs is 1. The first-order chi connectivity index (χ1) is 10.3. The Bertz CT molecular complexity index is 647. The molecule has 110 valence electrons. The summed E-state index contributed by atoms with van der Waals surface area (Å²) >= 11 is 5.14. The molecule has 1 aliphatic rings. The Morgan fingerprint density at radius 3 is 2.48 bits per heavy atom. The molecule has 1 aliphatic carbocycles. The molecule has 0 aliphatic heterocycles. The van der Waals surface area contributed by atoms with Crippen LogP contribution in [0.1, 0.15) is 37.7 Å². The standard InChI is InChI=1S/C18H21NOS/c19-18(21)16-10-11-17(15-9-5-4-8-14(15)16)20-12-13-6-2-1-3-7-13/h4-5,8-11,13H,1-3,6-7,12H2,(H2,19,21). The van der Waals surface area contributed by atoms with Gasteiger partial charge in [0, 0.05) is 10.9 Å². The molecule has 2 aromatic rings. The zero-order valence-electron chi connectivity index (χ0n) is 12.2. The van der Waals surface area contributed by atoms with Gasteiger partial charge in [-0.1, -0.05) is 55.7 Å². The van der Waals surface area contributed by atoms with E-state index in [0.717, 1.165) is 28.7 Å². The molecule has 0 bridgehead atoms. The van der Waals surface area contributed by atoms with Crippen molar-refractivity contribution in [3.8, 4) is 5.75 Å². The summed E-state index contributed by atoms with van der Waals surface area (Å²) in [5.74, 6) is 1.64. The predicted octanol–water partition coefficient (Wildman–Crippen LogP) is 4.43. The van der Waals surface area contributed by atoms with Gasteiger partial charge in [0.15, 0.2) is 0 Å². The van der Waals surface area contributed by atoms with Crippen molar-refractivity contribution < 1.29 is 4.74 Å². The molecule has 0 radical (unpaired) electrons. The number of rotatable bonds is 4. The average Bonchev–Trinajstić information content (AvgIpc) is 2.53. The van der Waals surface area contributed by atoms with E-state index in [4.69, 9.17) is 22.7 Å². The summed E-state index contributed by atoms with van der Waals surface area (Å²) in [7, 11) is 0. The SMILES string of the molecule is NC(=S)c1ccc(OCC2CCCCC2)c2ccccc12. The topological polar surface area (TPSA) is 35.2 Å². The van der Waals surface area contributed by atoms with Crippen molar-refractivity contribution in [1.29, 1.82) is 0 Å². The lowest BCUT2D eigenvalue weighted by atomic mass is 9.90. The van der Waals surface area contributed by atoms with Crippen LogP contribution in [-0.4, -0.2) is 11.6 Å². The fraction of sp³-hybridized carbons (Fsp3) is 0.389. The molecule has 0 spiro atoms. The maximum absolute atomic E-state index is 6.11. The van der Waals surface area contributed by atoms with Crippen LogP contribution < -0.4 is 10.5 Å². The summed E-state index contributed by atoms with van der Waals surface area (Å²) in [6, 6.07) is 12.1. The van der Waals surface area contributed by atoms with Crippen LogP contribution in [0.25, 0.3) is 10.8 Å². The Kier molecular flexibility index (Phi) is 4.39. The van der Waals surface area contributed by atoms with Crippen LogP contribution in [-0.2, 0) is 0 Å². The molecule has 1 fully saturated rings. The number of ether oxygens (including phenoxy) is 1. The van der Waals surface area contributed by atoms with Gasteiger partial charge in [0.2, 0.25) is 0 Å². The summed E-state index contributed by atoms with van der Waals surface area (Å²) in [5, 5.41) is 2.17. The molecule has 0 atom stereocenters. The Hall–Kier alpha value is -1.61. The molecule has 0 heterocycles. The van der Waals surface area contributed by atoms with Crippen molar-refractivity contribution in [3.63, 3.8) is 0 Å². The van der Waals surface area contributed by atoms with Crippen molar-refractivity contribution in [2.24, 2.45) is 11.7 Å². The molecule has 2 aromatic carbocycles. The third-order valence-electron chi connectivity index (χ3n) is 4.35.